The number of nitrogens with one attached hydrogen (secondary N) is 1. The lowest BCUT2D eigenvalue weighted by molar-refractivity contribution is -0.139. The van der Waals surface area contributed by atoms with Crippen molar-refractivity contribution in [3.8, 4) is 0 Å². The van der Waals surface area contributed by atoms with E-state index in [1.165, 1.54) is 0 Å². The van der Waals surface area contributed by atoms with Gasteiger partial charge in [-0.3, -0.25) is 10.1 Å². The zero-order valence-electron chi connectivity index (χ0n) is 13.9. The van der Waals surface area contributed by atoms with Crippen molar-refractivity contribution in [3.05, 3.63) is 28.8 Å². The van der Waals surface area contributed by atoms with E-state index in [2.05, 4.69) is 5.32 Å². The Morgan fingerprint density at radius 1 is 1.30 bits per heavy atom. The van der Waals surface area contributed by atoms with E-state index in [-0.39, 0.29) is 11.3 Å². The van der Waals surface area contributed by atoms with Crippen LogP contribution >= 0.6 is 11.6 Å². The third kappa shape index (κ3) is 3.78. The fourth-order valence-corrected chi connectivity index (χ4v) is 3.20. The standard InChI is InChI=1S/C17H22ClNO4/c1-16(2,3)23-15(22)19-11-7-6-9(8-10(11)18)12-13(14(20)21)17(12,4)5/h6-8,12-13H,1-5H3,(H,19,22)(H,20,21)/t12-,13+/m0/s1. The summed E-state index contributed by atoms with van der Waals surface area (Å²) in [5.41, 5.74) is 0.413. The molecule has 1 aliphatic rings. The molecule has 126 valence electrons. The van der Waals surface area contributed by atoms with Crippen LogP contribution in [-0.2, 0) is 9.53 Å². The van der Waals surface area contributed by atoms with Crippen LogP contribution in [0.15, 0.2) is 18.2 Å². The molecule has 1 fully saturated rings. The fraction of sp³-hybridized carbons (Fsp3) is 0.529. The Morgan fingerprint density at radius 3 is 2.35 bits per heavy atom. The summed E-state index contributed by atoms with van der Waals surface area (Å²) >= 11 is 6.22. The number of aliphatic carboxylic acids is 1. The summed E-state index contributed by atoms with van der Waals surface area (Å²) in [5, 5.41) is 12.2. The van der Waals surface area contributed by atoms with Gasteiger partial charge < -0.3 is 9.84 Å². The molecular formula is C17H22ClNO4. The maximum Gasteiger partial charge on any atom is 0.412 e. The average molecular weight is 340 g/mol. The second-order valence-corrected chi connectivity index (χ2v) is 7.89. The summed E-state index contributed by atoms with van der Waals surface area (Å²) in [5.74, 6) is -1.29. The van der Waals surface area contributed by atoms with Crippen molar-refractivity contribution in [2.75, 3.05) is 5.32 Å². The highest BCUT2D eigenvalue weighted by atomic mass is 35.5. The van der Waals surface area contributed by atoms with Gasteiger partial charge in [0.2, 0.25) is 0 Å². The molecule has 0 aliphatic heterocycles. The van der Waals surface area contributed by atoms with Gasteiger partial charge in [-0.25, -0.2) is 4.79 Å². The summed E-state index contributed by atoms with van der Waals surface area (Å²) in [4.78, 5) is 23.1. The van der Waals surface area contributed by atoms with E-state index < -0.39 is 23.6 Å². The van der Waals surface area contributed by atoms with Crippen LogP contribution in [0.4, 0.5) is 10.5 Å². The molecule has 0 aromatic heterocycles. The van der Waals surface area contributed by atoms with E-state index >= 15 is 0 Å². The predicted molar refractivity (Wildman–Crippen MR) is 89.0 cm³/mol. The molecule has 1 aromatic rings. The Labute approximate surface area is 141 Å². The number of carbonyl (C=O) groups excluding carboxylic acids is 1. The normalized spacial score (nSPS) is 22.3. The van der Waals surface area contributed by atoms with Gasteiger partial charge in [0.1, 0.15) is 5.60 Å². The number of hydrogen-bond donors (Lipinski definition) is 2. The monoisotopic (exact) mass is 339 g/mol. The first-order valence-electron chi connectivity index (χ1n) is 7.46. The molecule has 0 bridgehead atoms. The van der Waals surface area contributed by atoms with Crippen LogP contribution in [0.3, 0.4) is 0 Å². The van der Waals surface area contributed by atoms with Crippen molar-refractivity contribution in [3.63, 3.8) is 0 Å². The molecule has 23 heavy (non-hydrogen) atoms. The topological polar surface area (TPSA) is 75.6 Å². The molecule has 0 unspecified atom stereocenters. The minimum Gasteiger partial charge on any atom is -0.481 e. The van der Waals surface area contributed by atoms with Gasteiger partial charge in [0.25, 0.3) is 0 Å². The number of amides is 1. The van der Waals surface area contributed by atoms with Crippen LogP contribution in [-0.4, -0.2) is 22.8 Å². The van der Waals surface area contributed by atoms with Crippen LogP contribution in [0.1, 0.15) is 46.1 Å². The van der Waals surface area contributed by atoms with Crippen molar-refractivity contribution < 1.29 is 19.4 Å². The molecule has 1 amide bonds. The van der Waals surface area contributed by atoms with Crippen LogP contribution in [0, 0.1) is 11.3 Å². The number of carboxylic acid groups (broad SMARTS) is 1. The molecule has 1 aliphatic carbocycles. The molecule has 1 aromatic carbocycles. The van der Waals surface area contributed by atoms with Crippen molar-refractivity contribution in [2.45, 2.75) is 46.1 Å². The number of carboxylic acids is 1. The molecule has 2 N–H and O–H groups in total. The van der Waals surface area contributed by atoms with Gasteiger partial charge in [-0.1, -0.05) is 31.5 Å². The molecule has 0 radical (unpaired) electrons. The summed E-state index contributed by atoms with van der Waals surface area (Å²) in [6, 6.07) is 5.19. The van der Waals surface area contributed by atoms with Crippen molar-refractivity contribution in [1.29, 1.82) is 0 Å². The minimum absolute atomic E-state index is 0.0759. The van der Waals surface area contributed by atoms with Crippen LogP contribution in [0.25, 0.3) is 0 Å². The number of anilines is 1. The van der Waals surface area contributed by atoms with Crippen LogP contribution in [0.5, 0.6) is 0 Å². The molecule has 1 saturated carbocycles. The predicted octanol–water partition coefficient (Wildman–Crippen LogP) is 4.51. The van der Waals surface area contributed by atoms with Gasteiger partial charge in [0, 0.05) is 5.92 Å². The van der Waals surface area contributed by atoms with Crippen molar-refractivity contribution in [2.24, 2.45) is 11.3 Å². The smallest absolute Gasteiger partial charge is 0.412 e. The first kappa shape index (κ1) is 17.6. The summed E-state index contributed by atoms with van der Waals surface area (Å²) in [7, 11) is 0. The van der Waals surface area contributed by atoms with Gasteiger partial charge in [-0.15, -0.1) is 0 Å². The van der Waals surface area contributed by atoms with E-state index in [4.69, 9.17) is 16.3 Å². The lowest BCUT2D eigenvalue weighted by Crippen LogP contribution is -2.27. The number of benzene rings is 1. The number of ether oxygens (including phenoxy) is 1. The quantitative estimate of drug-likeness (QED) is 0.849. The third-order valence-electron chi connectivity index (χ3n) is 4.08. The highest BCUT2D eigenvalue weighted by Crippen LogP contribution is 2.64. The minimum atomic E-state index is -0.799. The number of halogens is 1. The molecule has 6 heteroatoms. The van der Waals surface area contributed by atoms with E-state index in [1.807, 2.05) is 13.8 Å². The largest absolute Gasteiger partial charge is 0.481 e. The molecule has 5 nitrogen and oxygen atoms in total. The highest BCUT2D eigenvalue weighted by Gasteiger charge is 2.62. The molecule has 0 spiro atoms. The molecule has 0 saturated heterocycles. The lowest BCUT2D eigenvalue weighted by atomic mass is 10.0. The van der Waals surface area contributed by atoms with Gasteiger partial charge in [-0.05, 0) is 43.9 Å². The third-order valence-corrected chi connectivity index (χ3v) is 4.39. The SMILES string of the molecule is CC(C)(C)OC(=O)Nc1ccc([C@H]2[C@H](C(=O)O)C2(C)C)cc1Cl. The second-order valence-electron chi connectivity index (χ2n) is 7.48. The number of carbonyl (C=O) groups is 2. The summed E-state index contributed by atoms with van der Waals surface area (Å²) in [6.45, 7) is 9.18. The van der Waals surface area contributed by atoms with Crippen molar-refractivity contribution >= 4 is 29.4 Å². The highest BCUT2D eigenvalue weighted by molar-refractivity contribution is 6.33. The summed E-state index contributed by atoms with van der Waals surface area (Å²) in [6.07, 6.45) is -0.581. The molecule has 2 atom stereocenters. The van der Waals surface area contributed by atoms with E-state index in [9.17, 15) is 14.7 Å². The van der Waals surface area contributed by atoms with Gasteiger partial charge in [0.15, 0.2) is 0 Å². The maximum absolute atomic E-state index is 11.8. The first-order valence-corrected chi connectivity index (χ1v) is 7.83. The number of rotatable bonds is 3. The Kier molecular flexibility index (Phi) is 4.37. The van der Waals surface area contributed by atoms with Crippen LogP contribution < -0.4 is 5.32 Å². The molecule has 2 rings (SSSR count). The molecular weight excluding hydrogens is 318 g/mol. The van der Waals surface area contributed by atoms with Crippen molar-refractivity contribution in [1.82, 2.24) is 0 Å². The Hall–Kier alpha value is -1.75. The Morgan fingerprint density at radius 2 is 1.91 bits per heavy atom. The van der Waals surface area contributed by atoms with Gasteiger partial charge in [0.05, 0.1) is 16.6 Å². The average Bonchev–Trinajstić information content (AvgIpc) is 2.92. The first-order chi connectivity index (χ1) is 10.4. The second kappa shape index (κ2) is 5.71. The zero-order valence-corrected chi connectivity index (χ0v) is 14.7. The Balaban J connectivity index is 2.14. The van der Waals surface area contributed by atoms with Gasteiger partial charge in [-0.2, -0.15) is 0 Å². The fourth-order valence-electron chi connectivity index (χ4n) is 2.96. The van der Waals surface area contributed by atoms with E-state index in [0.29, 0.717) is 10.7 Å². The number of hydrogen-bond acceptors (Lipinski definition) is 3. The summed E-state index contributed by atoms with van der Waals surface area (Å²) < 4.78 is 5.18. The maximum atomic E-state index is 11.8. The lowest BCUT2D eigenvalue weighted by Gasteiger charge is -2.20. The van der Waals surface area contributed by atoms with Crippen LogP contribution in [0.2, 0.25) is 5.02 Å². The van der Waals surface area contributed by atoms with E-state index in [0.717, 1.165) is 5.56 Å². The van der Waals surface area contributed by atoms with E-state index in [1.54, 1.807) is 39.0 Å². The zero-order chi connectivity index (χ0) is 17.6. The Bertz CT molecular complexity index is 648. The molecule has 0 heterocycles. The van der Waals surface area contributed by atoms with Gasteiger partial charge >= 0.3 is 12.1 Å².